The number of rotatable bonds is 2. The topological polar surface area (TPSA) is 61.2 Å². The molecule has 0 amide bonds. The summed E-state index contributed by atoms with van der Waals surface area (Å²) in [5, 5.41) is 11.0. The zero-order chi connectivity index (χ0) is 15.0. The van der Waals surface area contributed by atoms with Crippen molar-refractivity contribution in [2.45, 2.75) is 24.8 Å². The molecular weight excluding hydrogens is 304 g/mol. The molecule has 0 atom stereocenters. The summed E-state index contributed by atoms with van der Waals surface area (Å²) >= 11 is 1.68. The fourth-order valence-electron chi connectivity index (χ4n) is 2.51. The highest BCUT2D eigenvalue weighted by Gasteiger charge is 2.30. The summed E-state index contributed by atoms with van der Waals surface area (Å²) in [4.78, 5) is 1.50. The third-order valence-electron chi connectivity index (χ3n) is 3.71. The molecule has 6 heteroatoms. The Hall–Kier alpha value is -1.68. The van der Waals surface area contributed by atoms with Gasteiger partial charge in [0.1, 0.15) is 0 Å². The lowest BCUT2D eigenvalue weighted by atomic mass is 10.1. The second-order valence-corrected chi connectivity index (χ2v) is 7.96. The van der Waals surface area contributed by atoms with Gasteiger partial charge in [0, 0.05) is 18.0 Å². The molecule has 0 saturated heterocycles. The van der Waals surface area contributed by atoms with E-state index in [9.17, 15) is 8.42 Å². The van der Waals surface area contributed by atoms with Crippen molar-refractivity contribution in [2.75, 3.05) is 6.54 Å². The number of nitriles is 1. The number of sulfonamides is 1. The summed E-state index contributed by atoms with van der Waals surface area (Å²) in [5.74, 6) is 0. The maximum absolute atomic E-state index is 12.8. The average Bonchev–Trinajstić information content (AvgIpc) is 2.95. The molecule has 1 aliphatic rings. The van der Waals surface area contributed by atoms with Crippen molar-refractivity contribution in [3.05, 3.63) is 51.2 Å². The van der Waals surface area contributed by atoms with Gasteiger partial charge in [0.05, 0.1) is 16.5 Å². The maximum Gasteiger partial charge on any atom is 0.243 e. The zero-order valence-corrected chi connectivity index (χ0v) is 13.2. The molecule has 2 aromatic rings. The smallest absolute Gasteiger partial charge is 0.207 e. The van der Waals surface area contributed by atoms with E-state index in [-0.39, 0.29) is 4.90 Å². The Morgan fingerprint density at radius 1 is 1.33 bits per heavy atom. The minimum absolute atomic E-state index is 0.236. The number of hydrogen-bond acceptors (Lipinski definition) is 4. The van der Waals surface area contributed by atoms with Crippen LogP contribution in [0.25, 0.3) is 0 Å². The largest absolute Gasteiger partial charge is 0.243 e. The highest BCUT2D eigenvalue weighted by molar-refractivity contribution is 7.89. The van der Waals surface area contributed by atoms with Crippen LogP contribution in [-0.4, -0.2) is 19.3 Å². The minimum Gasteiger partial charge on any atom is -0.207 e. The molecule has 0 saturated carbocycles. The molecule has 21 heavy (non-hydrogen) atoms. The van der Waals surface area contributed by atoms with E-state index in [0.717, 1.165) is 12.0 Å². The first-order valence-corrected chi connectivity index (χ1v) is 8.90. The lowest BCUT2D eigenvalue weighted by molar-refractivity contribution is 0.394. The molecule has 0 spiro atoms. The van der Waals surface area contributed by atoms with Crippen molar-refractivity contribution in [3.8, 4) is 6.07 Å². The zero-order valence-electron chi connectivity index (χ0n) is 11.5. The number of thiophene rings is 1. The van der Waals surface area contributed by atoms with Crippen LogP contribution in [0.1, 0.15) is 21.6 Å². The molecule has 0 aliphatic carbocycles. The first-order chi connectivity index (χ1) is 10.0. The van der Waals surface area contributed by atoms with Crippen molar-refractivity contribution in [2.24, 2.45) is 0 Å². The van der Waals surface area contributed by atoms with E-state index in [1.165, 1.54) is 15.2 Å². The maximum atomic E-state index is 12.8. The second kappa shape index (κ2) is 5.26. The third kappa shape index (κ3) is 2.48. The van der Waals surface area contributed by atoms with E-state index < -0.39 is 10.0 Å². The van der Waals surface area contributed by atoms with E-state index in [1.807, 2.05) is 17.5 Å². The van der Waals surface area contributed by atoms with Gasteiger partial charge in [-0.3, -0.25) is 0 Å². The van der Waals surface area contributed by atoms with Crippen LogP contribution in [0.2, 0.25) is 0 Å². The van der Waals surface area contributed by atoms with Crippen LogP contribution in [0.3, 0.4) is 0 Å². The van der Waals surface area contributed by atoms with Gasteiger partial charge in [0.2, 0.25) is 10.0 Å². The summed E-state index contributed by atoms with van der Waals surface area (Å²) in [5.41, 5.74) is 2.13. The first-order valence-electron chi connectivity index (χ1n) is 6.58. The standard InChI is InChI=1S/C15H14N2O2S2/c1-11-2-3-12(9-16)8-15(11)21(18,19)17-6-4-14-13(10-17)5-7-20-14/h2-3,5,7-8H,4,6,10H2,1H3. The highest BCUT2D eigenvalue weighted by Crippen LogP contribution is 2.29. The van der Waals surface area contributed by atoms with E-state index in [1.54, 1.807) is 30.4 Å². The molecule has 0 fully saturated rings. The number of hydrogen-bond donors (Lipinski definition) is 0. The molecule has 3 rings (SSSR count). The molecule has 0 bridgehead atoms. The van der Waals surface area contributed by atoms with Gasteiger partial charge in [-0.1, -0.05) is 6.07 Å². The summed E-state index contributed by atoms with van der Waals surface area (Å²) < 4.78 is 27.2. The number of benzene rings is 1. The Labute approximate surface area is 128 Å². The molecule has 0 radical (unpaired) electrons. The quantitative estimate of drug-likeness (QED) is 0.855. The van der Waals surface area contributed by atoms with Gasteiger partial charge >= 0.3 is 0 Å². The molecule has 108 valence electrons. The molecule has 0 N–H and O–H groups in total. The third-order valence-corrected chi connectivity index (χ3v) is 6.72. The molecule has 2 heterocycles. The SMILES string of the molecule is Cc1ccc(C#N)cc1S(=O)(=O)N1CCc2sccc2C1. The Morgan fingerprint density at radius 3 is 2.90 bits per heavy atom. The van der Waals surface area contributed by atoms with Crippen LogP contribution in [-0.2, 0) is 23.0 Å². The van der Waals surface area contributed by atoms with Crippen molar-refractivity contribution < 1.29 is 8.42 Å². The fourth-order valence-corrected chi connectivity index (χ4v) is 5.07. The van der Waals surface area contributed by atoms with Crippen molar-refractivity contribution >= 4 is 21.4 Å². The number of nitrogens with zero attached hydrogens (tertiary/aromatic N) is 2. The molecule has 1 aliphatic heterocycles. The van der Waals surface area contributed by atoms with Gasteiger partial charge in [0.15, 0.2) is 0 Å². The van der Waals surface area contributed by atoms with Gasteiger partial charge < -0.3 is 0 Å². The van der Waals surface area contributed by atoms with Gasteiger partial charge in [-0.15, -0.1) is 11.3 Å². The Bertz CT molecular complexity index is 832. The van der Waals surface area contributed by atoms with Crippen LogP contribution in [0.4, 0.5) is 0 Å². The fraction of sp³-hybridized carbons (Fsp3) is 0.267. The van der Waals surface area contributed by atoms with Crippen LogP contribution in [0.15, 0.2) is 34.5 Å². The first kappa shape index (κ1) is 14.3. The second-order valence-electron chi connectivity index (χ2n) is 5.05. The van der Waals surface area contributed by atoms with Gasteiger partial charge in [-0.2, -0.15) is 9.57 Å². The summed E-state index contributed by atoms with van der Waals surface area (Å²) in [6.45, 7) is 2.66. The van der Waals surface area contributed by atoms with Gasteiger partial charge in [-0.05, 0) is 48.1 Å². The normalized spacial score (nSPS) is 15.4. The summed E-state index contributed by atoms with van der Waals surface area (Å²) in [7, 11) is -3.56. The lowest BCUT2D eigenvalue weighted by Crippen LogP contribution is -2.35. The Morgan fingerprint density at radius 2 is 2.14 bits per heavy atom. The summed E-state index contributed by atoms with van der Waals surface area (Å²) in [6, 6.07) is 8.78. The molecular formula is C15H14N2O2S2. The molecule has 1 aromatic heterocycles. The number of fused-ring (bicyclic) bond motifs is 1. The Balaban J connectivity index is 2.01. The van der Waals surface area contributed by atoms with Gasteiger partial charge in [-0.25, -0.2) is 8.42 Å². The van der Waals surface area contributed by atoms with E-state index >= 15 is 0 Å². The van der Waals surface area contributed by atoms with Crippen LogP contribution in [0, 0.1) is 18.3 Å². The van der Waals surface area contributed by atoms with Crippen LogP contribution < -0.4 is 0 Å². The monoisotopic (exact) mass is 318 g/mol. The highest BCUT2D eigenvalue weighted by atomic mass is 32.2. The van der Waals surface area contributed by atoms with E-state index in [4.69, 9.17) is 5.26 Å². The van der Waals surface area contributed by atoms with E-state index in [0.29, 0.717) is 24.2 Å². The number of aryl methyl sites for hydroxylation is 1. The summed E-state index contributed by atoms with van der Waals surface area (Å²) in [6.07, 6.45) is 0.753. The van der Waals surface area contributed by atoms with E-state index in [2.05, 4.69) is 0 Å². The predicted molar refractivity (Wildman–Crippen MR) is 81.5 cm³/mol. The molecule has 1 aromatic carbocycles. The van der Waals surface area contributed by atoms with Crippen LogP contribution in [0.5, 0.6) is 0 Å². The van der Waals surface area contributed by atoms with Crippen molar-refractivity contribution in [1.82, 2.24) is 4.31 Å². The molecule has 4 nitrogen and oxygen atoms in total. The van der Waals surface area contributed by atoms with Crippen molar-refractivity contribution in [3.63, 3.8) is 0 Å². The minimum atomic E-state index is -3.56. The predicted octanol–water partition coefficient (Wildman–Crippen LogP) is 2.68. The Kier molecular flexibility index (Phi) is 3.57. The lowest BCUT2D eigenvalue weighted by Gasteiger charge is -2.26. The molecule has 0 unspecified atom stereocenters. The van der Waals surface area contributed by atoms with Crippen molar-refractivity contribution in [1.29, 1.82) is 5.26 Å². The van der Waals surface area contributed by atoms with Crippen LogP contribution >= 0.6 is 11.3 Å². The average molecular weight is 318 g/mol. The van der Waals surface area contributed by atoms with Gasteiger partial charge in [0.25, 0.3) is 0 Å².